The number of ether oxygens (including phenoxy) is 1. The lowest BCUT2D eigenvalue weighted by Crippen LogP contribution is -2.41. The zero-order valence-corrected chi connectivity index (χ0v) is 19.6. The number of nitrogens with zero attached hydrogens (tertiary/aromatic N) is 3. The number of carbonyl (C=O) groups excluding carboxylic acids is 3. The number of Topliss-reactive ketones (excluding diaryl/α,β-unsaturated/α-hetero) is 1. The summed E-state index contributed by atoms with van der Waals surface area (Å²) >= 11 is 0. The van der Waals surface area contributed by atoms with Gasteiger partial charge in [-0.05, 0) is 18.2 Å². The number of hydrogen-bond acceptors (Lipinski definition) is 9. The molecule has 2 aromatic rings. The van der Waals surface area contributed by atoms with Crippen molar-refractivity contribution in [1.29, 1.82) is 0 Å². The van der Waals surface area contributed by atoms with E-state index in [2.05, 4.69) is 16.0 Å². The number of ketones is 1. The van der Waals surface area contributed by atoms with Crippen LogP contribution in [0.3, 0.4) is 0 Å². The van der Waals surface area contributed by atoms with E-state index in [9.17, 15) is 14.4 Å². The second-order valence-electron chi connectivity index (χ2n) is 8.45. The van der Waals surface area contributed by atoms with Crippen molar-refractivity contribution in [3.05, 3.63) is 77.2 Å². The quantitative estimate of drug-likeness (QED) is 0.228. The molecule has 2 amide bonds. The zero-order valence-electron chi connectivity index (χ0n) is 19.6. The molecule has 1 aromatic heterocycles. The Morgan fingerprint density at radius 2 is 1.97 bits per heavy atom. The van der Waals surface area contributed by atoms with Gasteiger partial charge in [-0.1, -0.05) is 24.3 Å². The Kier molecular flexibility index (Phi) is 5.86. The number of nitrogens with one attached hydrogen (secondary N) is 3. The summed E-state index contributed by atoms with van der Waals surface area (Å²) in [6.45, 7) is 1.93. The molecule has 4 heterocycles. The molecule has 0 spiro atoms. The Labute approximate surface area is 206 Å². The summed E-state index contributed by atoms with van der Waals surface area (Å²) in [6.07, 6.45) is 5.06. The number of para-hydroxylation sites is 1. The first kappa shape index (κ1) is 23.1. The highest BCUT2D eigenvalue weighted by Crippen LogP contribution is 2.38. The number of allylic oxidation sites excluding steroid dienone is 2. The Bertz CT molecular complexity index is 1340. The smallest absolute Gasteiger partial charge is 0.291 e. The molecule has 0 aliphatic carbocycles. The van der Waals surface area contributed by atoms with Crippen molar-refractivity contribution >= 4 is 34.5 Å². The fraction of sp³-hybridized carbons (Fsp3) is 0.208. The number of dihydropyridines is 1. The summed E-state index contributed by atoms with van der Waals surface area (Å²) in [7, 11) is 0. The van der Waals surface area contributed by atoms with E-state index in [1.165, 1.54) is 22.7 Å². The fourth-order valence-corrected chi connectivity index (χ4v) is 4.38. The largest absolute Gasteiger partial charge is 0.466 e. The van der Waals surface area contributed by atoms with Gasteiger partial charge in [-0.15, -0.1) is 0 Å². The Hall–Kier alpha value is -4.71. The third-order valence-corrected chi connectivity index (χ3v) is 6.12. The number of anilines is 2. The molecule has 3 aliphatic rings. The summed E-state index contributed by atoms with van der Waals surface area (Å²) in [6, 6.07) is 9.39. The number of benzene rings is 1. The number of amides is 2. The van der Waals surface area contributed by atoms with Crippen molar-refractivity contribution in [3.63, 3.8) is 0 Å². The predicted molar refractivity (Wildman–Crippen MR) is 132 cm³/mol. The summed E-state index contributed by atoms with van der Waals surface area (Å²) in [5.74, 6) is 12.0. The SMILES string of the molecule is CC(=O)N(N)C1=CC(c2c(Nc3ccccc3)c3c(n2N)CN(C(=O)C2=CNCO2)CC3=O)=CCN1. The number of nitrogens with two attached hydrogens (primary N) is 2. The minimum Gasteiger partial charge on any atom is -0.466 e. The van der Waals surface area contributed by atoms with Gasteiger partial charge in [-0.2, -0.15) is 0 Å². The van der Waals surface area contributed by atoms with Crippen LogP contribution in [0.1, 0.15) is 28.7 Å². The molecule has 0 radical (unpaired) electrons. The molecule has 0 saturated carbocycles. The molecule has 0 bridgehead atoms. The van der Waals surface area contributed by atoms with E-state index >= 15 is 0 Å². The van der Waals surface area contributed by atoms with Crippen LogP contribution in [-0.4, -0.2) is 52.0 Å². The normalized spacial score (nSPS) is 16.6. The highest BCUT2D eigenvalue weighted by Gasteiger charge is 2.37. The molecule has 5 rings (SSSR count). The van der Waals surface area contributed by atoms with E-state index in [0.717, 1.165) is 10.7 Å². The standard InChI is InChI=1S/C24H26N8O4/c1-14(33)31(25)20-9-15(7-8-28-20)23-22(29-16-5-3-2-4-6-16)21-17(32(23)26)11-30(12-18(21)34)24(35)19-10-27-13-36-19/h2-7,9-10,27-29H,8,11-13,25-26H2,1H3. The lowest BCUT2D eigenvalue weighted by atomic mass is 10.0. The number of carbonyl (C=O) groups is 3. The van der Waals surface area contributed by atoms with E-state index in [-0.39, 0.29) is 37.3 Å². The molecule has 0 atom stereocenters. The average Bonchev–Trinajstić information content (AvgIpc) is 3.51. The second-order valence-corrected chi connectivity index (χ2v) is 8.45. The van der Waals surface area contributed by atoms with Crippen LogP contribution in [0.5, 0.6) is 0 Å². The molecular formula is C24H26N8O4. The first-order valence-electron chi connectivity index (χ1n) is 11.3. The Morgan fingerprint density at radius 3 is 2.67 bits per heavy atom. The van der Waals surface area contributed by atoms with Crippen LogP contribution in [0.4, 0.5) is 11.4 Å². The van der Waals surface area contributed by atoms with Crippen molar-refractivity contribution in [2.24, 2.45) is 5.84 Å². The number of hydrazine groups is 1. The average molecular weight is 491 g/mol. The molecule has 186 valence electrons. The van der Waals surface area contributed by atoms with Gasteiger partial charge in [0.2, 0.25) is 11.7 Å². The molecule has 7 N–H and O–H groups in total. The van der Waals surface area contributed by atoms with Crippen molar-refractivity contribution in [2.75, 3.05) is 31.0 Å². The topological polar surface area (TPSA) is 160 Å². The van der Waals surface area contributed by atoms with Gasteiger partial charge in [0.05, 0.1) is 35.7 Å². The van der Waals surface area contributed by atoms with E-state index in [1.54, 1.807) is 6.08 Å². The van der Waals surface area contributed by atoms with Gasteiger partial charge in [-0.3, -0.25) is 19.1 Å². The van der Waals surface area contributed by atoms with Crippen LogP contribution >= 0.6 is 0 Å². The van der Waals surface area contributed by atoms with Crippen LogP contribution in [-0.2, 0) is 20.9 Å². The lowest BCUT2D eigenvalue weighted by Gasteiger charge is -2.27. The monoisotopic (exact) mass is 490 g/mol. The zero-order chi connectivity index (χ0) is 25.4. The summed E-state index contributed by atoms with van der Waals surface area (Å²) in [5.41, 5.74) is 3.35. The minimum absolute atomic E-state index is 0.110. The van der Waals surface area contributed by atoms with Gasteiger partial charge in [0.15, 0.2) is 12.5 Å². The summed E-state index contributed by atoms with van der Waals surface area (Å²) < 4.78 is 6.72. The molecule has 3 aliphatic heterocycles. The first-order valence-corrected chi connectivity index (χ1v) is 11.3. The van der Waals surface area contributed by atoms with Crippen LogP contribution in [0, 0.1) is 0 Å². The Balaban J connectivity index is 1.60. The molecule has 1 aromatic carbocycles. The predicted octanol–water partition coefficient (Wildman–Crippen LogP) is 0.439. The van der Waals surface area contributed by atoms with Crippen molar-refractivity contribution in [1.82, 2.24) is 25.2 Å². The van der Waals surface area contributed by atoms with Crippen LogP contribution in [0.15, 0.2) is 60.3 Å². The highest BCUT2D eigenvalue weighted by atomic mass is 16.5. The number of hydrogen-bond donors (Lipinski definition) is 5. The van der Waals surface area contributed by atoms with E-state index in [4.69, 9.17) is 16.4 Å². The van der Waals surface area contributed by atoms with Gasteiger partial charge < -0.3 is 31.4 Å². The number of fused-ring (bicyclic) bond motifs is 1. The van der Waals surface area contributed by atoms with Crippen LogP contribution < -0.4 is 27.6 Å². The van der Waals surface area contributed by atoms with Crippen LogP contribution in [0.2, 0.25) is 0 Å². The summed E-state index contributed by atoms with van der Waals surface area (Å²) in [4.78, 5) is 39.6. The third-order valence-electron chi connectivity index (χ3n) is 6.12. The van der Waals surface area contributed by atoms with Crippen molar-refractivity contribution < 1.29 is 19.1 Å². The minimum atomic E-state index is -0.400. The number of nitrogen functional groups attached to an aromatic ring is 1. The molecule has 12 nitrogen and oxygen atoms in total. The fourth-order valence-electron chi connectivity index (χ4n) is 4.38. The van der Waals surface area contributed by atoms with Crippen molar-refractivity contribution in [2.45, 2.75) is 13.5 Å². The van der Waals surface area contributed by atoms with E-state index in [1.807, 2.05) is 36.4 Å². The molecular weight excluding hydrogens is 464 g/mol. The van der Waals surface area contributed by atoms with Crippen LogP contribution in [0.25, 0.3) is 5.57 Å². The van der Waals surface area contributed by atoms with E-state index < -0.39 is 5.91 Å². The second kappa shape index (κ2) is 9.15. The van der Waals surface area contributed by atoms with Gasteiger partial charge in [0.25, 0.3) is 5.91 Å². The Morgan fingerprint density at radius 1 is 1.19 bits per heavy atom. The maximum Gasteiger partial charge on any atom is 0.291 e. The number of aromatic nitrogens is 1. The molecule has 0 fully saturated rings. The first-order chi connectivity index (χ1) is 17.3. The maximum absolute atomic E-state index is 13.4. The molecule has 0 unspecified atom stereocenters. The van der Waals surface area contributed by atoms with Gasteiger partial charge >= 0.3 is 0 Å². The summed E-state index contributed by atoms with van der Waals surface area (Å²) in [5, 5.41) is 10.2. The third kappa shape index (κ3) is 4.03. The molecule has 12 heteroatoms. The molecule has 36 heavy (non-hydrogen) atoms. The van der Waals surface area contributed by atoms with Gasteiger partial charge in [-0.25, -0.2) is 10.9 Å². The van der Waals surface area contributed by atoms with Gasteiger partial charge in [0.1, 0.15) is 5.82 Å². The molecule has 0 saturated heterocycles. The number of rotatable bonds is 5. The maximum atomic E-state index is 13.4. The highest BCUT2D eigenvalue weighted by molar-refractivity contribution is 6.10. The van der Waals surface area contributed by atoms with Crippen molar-refractivity contribution in [3.8, 4) is 0 Å². The lowest BCUT2D eigenvalue weighted by molar-refractivity contribution is -0.131. The van der Waals surface area contributed by atoms with Gasteiger partial charge in [0, 0.05) is 30.9 Å². The van der Waals surface area contributed by atoms with E-state index in [0.29, 0.717) is 40.6 Å².